The molecule has 2 N–H and O–H groups in total. The first-order chi connectivity index (χ1) is 9.59. The minimum absolute atomic E-state index is 0.0914. The van der Waals surface area contributed by atoms with Gasteiger partial charge in [-0.1, -0.05) is 50.2 Å². The molecule has 2 heteroatoms. The third-order valence-electron chi connectivity index (χ3n) is 5.50. The smallest absolute Gasteiger partial charge is 0.0706 e. The number of pyridine rings is 1. The van der Waals surface area contributed by atoms with Crippen molar-refractivity contribution in [1.29, 1.82) is 0 Å². The molecule has 2 nitrogen and oxygen atoms in total. The lowest BCUT2D eigenvalue weighted by Gasteiger charge is -2.59. The summed E-state index contributed by atoms with van der Waals surface area (Å²) < 4.78 is 0. The lowest BCUT2D eigenvalue weighted by atomic mass is 9.46. The van der Waals surface area contributed by atoms with Crippen LogP contribution in [0.5, 0.6) is 0 Å². The predicted molar refractivity (Wildman–Crippen MR) is 81.2 cm³/mol. The van der Waals surface area contributed by atoms with Crippen LogP contribution in [-0.2, 0) is 0 Å². The van der Waals surface area contributed by atoms with E-state index in [1.807, 2.05) is 6.07 Å². The summed E-state index contributed by atoms with van der Waals surface area (Å²) in [6, 6.07) is 14.8. The first-order valence-electron chi connectivity index (χ1n) is 7.41. The van der Waals surface area contributed by atoms with Crippen molar-refractivity contribution in [2.75, 3.05) is 0 Å². The molecule has 1 heterocycles. The van der Waals surface area contributed by atoms with Gasteiger partial charge in [0.1, 0.15) is 0 Å². The van der Waals surface area contributed by atoms with Crippen LogP contribution in [0.2, 0.25) is 0 Å². The summed E-state index contributed by atoms with van der Waals surface area (Å²) in [5.41, 5.74) is 11.5. The fraction of sp³-hybridized carbons (Fsp3) is 0.389. The van der Waals surface area contributed by atoms with E-state index in [0.29, 0.717) is 17.3 Å². The summed E-state index contributed by atoms with van der Waals surface area (Å²) in [5, 5.41) is 0. The molecule has 2 aromatic rings. The first kappa shape index (κ1) is 12.1. The van der Waals surface area contributed by atoms with Crippen LogP contribution in [0, 0.1) is 11.3 Å². The second-order valence-electron chi connectivity index (χ2n) is 6.78. The number of rotatable bonds is 1. The lowest BCUT2D eigenvalue weighted by molar-refractivity contribution is -0.00591. The minimum Gasteiger partial charge on any atom is -0.322 e. The summed E-state index contributed by atoms with van der Waals surface area (Å²) in [6.07, 6.45) is 1.23. The normalized spacial score (nSPS) is 29.4. The Balaban J connectivity index is 1.82. The van der Waals surface area contributed by atoms with E-state index in [0.717, 1.165) is 11.4 Å². The van der Waals surface area contributed by atoms with E-state index in [4.69, 9.17) is 10.7 Å². The van der Waals surface area contributed by atoms with E-state index in [-0.39, 0.29) is 6.04 Å². The topological polar surface area (TPSA) is 38.9 Å². The van der Waals surface area contributed by atoms with Crippen LogP contribution in [0.25, 0.3) is 11.3 Å². The molecule has 1 saturated carbocycles. The highest BCUT2D eigenvalue weighted by Crippen LogP contribution is 2.64. The first-order valence-corrected chi connectivity index (χ1v) is 7.41. The molecule has 1 aromatic heterocycles. The summed E-state index contributed by atoms with van der Waals surface area (Å²) >= 11 is 0. The van der Waals surface area contributed by atoms with Crippen molar-refractivity contribution < 1.29 is 0 Å². The second kappa shape index (κ2) is 3.92. The number of nitrogens with zero attached hydrogens (tertiary/aromatic N) is 1. The number of aromatic nitrogens is 1. The van der Waals surface area contributed by atoms with Crippen LogP contribution in [-0.4, -0.2) is 4.98 Å². The van der Waals surface area contributed by atoms with Crippen LogP contribution < -0.4 is 5.73 Å². The zero-order valence-electron chi connectivity index (χ0n) is 12.0. The van der Waals surface area contributed by atoms with Crippen molar-refractivity contribution in [3.05, 3.63) is 53.7 Å². The maximum absolute atomic E-state index is 6.49. The summed E-state index contributed by atoms with van der Waals surface area (Å²) in [6.45, 7) is 4.69. The molecule has 0 amide bonds. The number of hydrogen-bond donors (Lipinski definition) is 1. The van der Waals surface area contributed by atoms with Gasteiger partial charge in [-0.25, -0.2) is 0 Å². The lowest BCUT2D eigenvalue weighted by Crippen LogP contribution is -2.52. The van der Waals surface area contributed by atoms with Gasteiger partial charge in [0.2, 0.25) is 0 Å². The van der Waals surface area contributed by atoms with Crippen molar-refractivity contribution >= 4 is 0 Å². The Bertz CT molecular complexity index is 660. The molecule has 0 radical (unpaired) electrons. The Morgan fingerprint density at radius 2 is 1.85 bits per heavy atom. The third-order valence-corrected chi connectivity index (χ3v) is 5.50. The highest BCUT2D eigenvalue weighted by molar-refractivity contribution is 5.60. The minimum atomic E-state index is 0.0914. The average Bonchev–Trinajstić information content (AvgIpc) is 2.47. The fourth-order valence-electron chi connectivity index (χ4n) is 4.10. The van der Waals surface area contributed by atoms with Gasteiger partial charge in [0.05, 0.1) is 17.4 Å². The zero-order chi connectivity index (χ0) is 13.9. The van der Waals surface area contributed by atoms with Crippen molar-refractivity contribution in [3.8, 4) is 11.3 Å². The molecular formula is C18H20N2. The summed E-state index contributed by atoms with van der Waals surface area (Å²) in [4.78, 5) is 4.89. The van der Waals surface area contributed by atoms with E-state index in [2.05, 4.69) is 50.2 Å². The molecule has 1 fully saturated rings. The van der Waals surface area contributed by atoms with E-state index in [1.165, 1.54) is 17.5 Å². The summed E-state index contributed by atoms with van der Waals surface area (Å²) in [5.74, 6) is 1.22. The van der Waals surface area contributed by atoms with E-state index in [1.54, 1.807) is 0 Å². The van der Waals surface area contributed by atoms with Crippen molar-refractivity contribution in [2.24, 2.45) is 17.1 Å². The van der Waals surface area contributed by atoms with Crippen molar-refractivity contribution in [1.82, 2.24) is 4.98 Å². The molecule has 102 valence electrons. The molecule has 3 atom stereocenters. The van der Waals surface area contributed by atoms with Gasteiger partial charge in [0.25, 0.3) is 0 Å². The van der Waals surface area contributed by atoms with Gasteiger partial charge in [-0.2, -0.15) is 0 Å². The Morgan fingerprint density at radius 1 is 1.10 bits per heavy atom. The maximum Gasteiger partial charge on any atom is 0.0706 e. The largest absolute Gasteiger partial charge is 0.322 e. The van der Waals surface area contributed by atoms with Crippen LogP contribution in [0.3, 0.4) is 0 Å². The highest BCUT2D eigenvalue weighted by Gasteiger charge is 2.56. The number of benzene rings is 1. The van der Waals surface area contributed by atoms with Crippen LogP contribution >= 0.6 is 0 Å². The maximum atomic E-state index is 6.49. The van der Waals surface area contributed by atoms with Gasteiger partial charge in [-0.15, -0.1) is 0 Å². The Hall–Kier alpha value is -1.67. The standard InChI is InChI=1S/C18H20N2/c1-18(2)13-10-14(18)16(19)17-12(13)8-9-15(20-17)11-6-4-3-5-7-11/h3-9,13-14,16H,10,19H2,1-2H3/t13-,14+,16-/m1/s1. The molecule has 0 aliphatic heterocycles. The molecule has 3 aliphatic carbocycles. The molecule has 3 aliphatic rings. The van der Waals surface area contributed by atoms with Gasteiger partial charge in [0, 0.05) is 5.56 Å². The van der Waals surface area contributed by atoms with Gasteiger partial charge in [0.15, 0.2) is 0 Å². The average molecular weight is 264 g/mol. The number of hydrogen-bond acceptors (Lipinski definition) is 2. The van der Waals surface area contributed by atoms with E-state index < -0.39 is 0 Å². The monoisotopic (exact) mass is 264 g/mol. The second-order valence-corrected chi connectivity index (χ2v) is 6.78. The molecule has 0 unspecified atom stereocenters. The molecule has 5 rings (SSSR count). The quantitative estimate of drug-likeness (QED) is 0.848. The highest BCUT2D eigenvalue weighted by atomic mass is 14.9. The molecular weight excluding hydrogens is 244 g/mol. The Morgan fingerprint density at radius 3 is 2.55 bits per heavy atom. The zero-order valence-corrected chi connectivity index (χ0v) is 12.0. The predicted octanol–water partition coefficient (Wildman–Crippen LogP) is 3.89. The Labute approximate surface area is 120 Å². The van der Waals surface area contributed by atoms with Gasteiger partial charge < -0.3 is 5.73 Å². The van der Waals surface area contributed by atoms with Gasteiger partial charge >= 0.3 is 0 Å². The molecule has 0 spiro atoms. The molecule has 2 bridgehead atoms. The fourth-order valence-corrected chi connectivity index (χ4v) is 4.10. The van der Waals surface area contributed by atoms with Crippen LogP contribution in [0.15, 0.2) is 42.5 Å². The van der Waals surface area contributed by atoms with E-state index >= 15 is 0 Å². The Kier molecular flexibility index (Phi) is 2.37. The van der Waals surface area contributed by atoms with Crippen molar-refractivity contribution in [3.63, 3.8) is 0 Å². The van der Waals surface area contributed by atoms with Crippen LogP contribution in [0.4, 0.5) is 0 Å². The molecule has 0 saturated heterocycles. The third kappa shape index (κ3) is 1.46. The van der Waals surface area contributed by atoms with Crippen molar-refractivity contribution in [2.45, 2.75) is 32.2 Å². The molecule has 20 heavy (non-hydrogen) atoms. The number of nitrogens with two attached hydrogens (primary N) is 1. The summed E-state index contributed by atoms with van der Waals surface area (Å²) in [7, 11) is 0. The van der Waals surface area contributed by atoms with Crippen LogP contribution in [0.1, 0.15) is 43.5 Å². The van der Waals surface area contributed by atoms with E-state index in [9.17, 15) is 0 Å². The SMILES string of the molecule is CC1(C)[C@@H]2C[C@H]1[C@@H](N)c1nc(-c3ccccc3)ccc12. The van der Waals surface area contributed by atoms with Gasteiger partial charge in [-0.3, -0.25) is 4.98 Å². The molecule has 1 aromatic carbocycles. The van der Waals surface area contributed by atoms with Gasteiger partial charge in [-0.05, 0) is 35.3 Å².